The molecule has 0 spiro atoms. The Morgan fingerprint density at radius 1 is 1.40 bits per heavy atom. The second-order valence-corrected chi connectivity index (χ2v) is 5.75. The van der Waals surface area contributed by atoms with Gasteiger partial charge >= 0.3 is 5.76 Å². The van der Waals surface area contributed by atoms with Gasteiger partial charge in [0.05, 0.1) is 22.9 Å². The molecule has 3 aromatic rings. The zero-order chi connectivity index (χ0) is 14.3. The SMILES string of the molecule is COc1ccsc1C(Cl)c1ccc2c(c1)oc(=O)n2C. The van der Waals surface area contributed by atoms with Crippen LogP contribution in [-0.4, -0.2) is 11.7 Å². The lowest BCUT2D eigenvalue weighted by molar-refractivity contribution is 0.413. The summed E-state index contributed by atoms with van der Waals surface area (Å²) in [4.78, 5) is 12.4. The summed E-state index contributed by atoms with van der Waals surface area (Å²) in [7, 11) is 3.29. The normalized spacial score (nSPS) is 12.8. The second kappa shape index (κ2) is 5.00. The lowest BCUT2D eigenvalue weighted by Crippen LogP contribution is -2.08. The maximum absolute atomic E-state index is 11.5. The van der Waals surface area contributed by atoms with E-state index < -0.39 is 0 Å². The molecule has 20 heavy (non-hydrogen) atoms. The molecular weight excluding hydrogens is 298 g/mol. The van der Waals surface area contributed by atoms with Gasteiger partial charge in [0.2, 0.25) is 0 Å². The summed E-state index contributed by atoms with van der Waals surface area (Å²) < 4.78 is 11.9. The number of rotatable bonds is 3. The topological polar surface area (TPSA) is 44.4 Å². The lowest BCUT2D eigenvalue weighted by atomic mass is 10.1. The van der Waals surface area contributed by atoms with Crippen molar-refractivity contribution in [2.24, 2.45) is 7.05 Å². The molecule has 6 heteroatoms. The van der Waals surface area contributed by atoms with E-state index in [0.717, 1.165) is 21.7 Å². The van der Waals surface area contributed by atoms with Crippen LogP contribution in [0, 0.1) is 0 Å². The van der Waals surface area contributed by atoms with Gasteiger partial charge in [0.15, 0.2) is 5.58 Å². The van der Waals surface area contributed by atoms with Crippen molar-refractivity contribution in [2.75, 3.05) is 7.11 Å². The molecule has 0 bridgehead atoms. The standard InChI is InChI=1S/C14H12ClNO3S/c1-16-9-4-3-8(7-11(9)19-14(16)17)12(15)13-10(18-2)5-6-20-13/h3-7,12H,1-2H3. The highest BCUT2D eigenvalue weighted by molar-refractivity contribution is 7.10. The van der Waals surface area contributed by atoms with Crippen LogP contribution in [-0.2, 0) is 7.05 Å². The Morgan fingerprint density at radius 2 is 2.20 bits per heavy atom. The van der Waals surface area contributed by atoms with Crippen molar-refractivity contribution in [2.45, 2.75) is 5.38 Å². The molecule has 4 nitrogen and oxygen atoms in total. The van der Waals surface area contributed by atoms with Crippen LogP contribution in [0.1, 0.15) is 15.8 Å². The highest BCUT2D eigenvalue weighted by Gasteiger charge is 2.18. The third kappa shape index (κ3) is 2.03. The number of hydrogen-bond donors (Lipinski definition) is 0. The fourth-order valence-electron chi connectivity index (χ4n) is 2.12. The fraction of sp³-hybridized carbons (Fsp3) is 0.214. The van der Waals surface area contributed by atoms with Crippen LogP contribution < -0.4 is 10.5 Å². The number of fused-ring (bicyclic) bond motifs is 1. The summed E-state index contributed by atoms with van der Waals surface area (Å²) in [5, 5.41) is 1.60. The molecule has 0 N–H and O–H groups in total. The predicted molar refractivity (Wildman–Crippen MR) is 80.0 cm³/mol. The van der Waals surface area contributed by atoms with Gasteiger partial charge in [0.1, 0.15) is 5.75 Å². The predicted octanol–water partition coefficient (Wildman–Crippen LogP) is 3.53. The van der Waals surface area contributed by atoms with Gasteiger partial charge in [-0.05, 0) is 29.1 Å². The molecule has 0 aliphatic carbocycles. The van der Waals surface area contributed by atoms with E-state index in [1.807, 2.05) is 23.6 Å². The van der Waals surface area contributed by atoms with Crippen LogP contribution in [0.2, 0.25) is 0 Å². The molecule has 0 fully saturated rings. The average molecular weight is 310 g/mol. The van der Waals surface area contributed by atoms with Gasteiger partial charge in [0, 0.05) is 7.05 Å². The number of hydrogen-bond acceptors (Lipinski definition) is 4. The summed E-state index contributed by atoms with van der Waals surface area (Å²) in [6.07, 6.45) is 0. The fourth-order valence-corrected chi connectivity index (χ4v) is 3.38. The van der Waals surface area contributed by atoms with Crippen molar-refractivity contribution >= 4 is 34.0 Å². The van der Waals surface area contributed by atoms with Gasteiger partial charge in [0.25, 0.3) is 0 Å². The van der Waals surface area contributed by atoms with Crippen molar-refractivity contribution < 1.29 is 9.15 Å². The van der Waals surface area contributed by atoms with Crippen LogP contribution in [0.4, 0.5) is 0 Å². The molecule has 2 heterocycles. The molecule has 1 unspecified atom stereocenters. The monoisotopic (exact) mass is 309 g/mol. The Bertz CT molecular complexity index is 817. The number of benzene rings is 1. The number of methoxy groups -OCH3 is 1. The Labute approximate surface area is 124 Å². The first-order valence-electron chi connectivity index (χ1n) is 5.96. The summed E-state index contributed by atoms with van der Waals surface area (Å²) in [5.41, 5.74) is 2.16. The third-order valence-electron chi connectivity index (χ3n) is 3.22. The van der Waals surface area contributed by atoms with Gasteiger partial charge in [-0.15, -0.1) is 22.9 Å². The summed E-state index contributed by atoms with van der Waals surface area (Å²) in [5.74, 6) is 0.390. The number of thiophene rings is 1. The van der Waals surface area contributed by atoms with Gasteiger partial charge in [-0.2, -0.15) is 0 Å². The average Bonchev–Trinajstić information content (AvgIpc) is 3.03. The van der Waals surface area contributed by atoms with Crippen molar-refractivity contribution in [3.05, 3.63) is 50.6 Å². The molecule has 0 saturated carbocycles. The molecule has 1 aromatic carbocycles. The Morgan fingerprint density at radius 3 is 2.95 bits per heavy atom. The van der Waals surface area contributed by atoms with Crippen molar-refractivity contribution in [3.63, 3.8) is 0 Å². The molecular formula is C14H12ClNO3S. The van der Waals surface area contributed by atoms with Crippen LogP contribution in [0.5, 0.6) is 5.75 Å². The second-order valence-electron chi connectivity index (χ2n) is 4.37. The highest BCUT2D eigenvalue weighted by Crippen LogP contribution is 2.39. The van der Waals surface area contributed by atoms with Crippen LogP contribution in [0.15, 0.2) is 38.9 Å². The van der Waals surface area contributed by atoms with Crippen LogP contribution in [0.25, 0.3) is 11.1 Å². The number of oxazole rings is 1. The minimum absolute atomic E-state index is 0.333. The van der Waals surface area contributed by atoms with E-state index in [-0.39, 0.29) is 11.1 Å². The zero-order valence-corrected chi connectivity index (χ0v) is 12.5. The highest BCUT2D eigenvalue weighted by atomic mass is 35.5. The Balaban J connectivity index is 2.08. The molecule has 0 amide bonds. The molecule has 0 aliphatic heterocycles. The number of nitrogens with zero attached hydrogens (tertiary/aromatic N) is 1. The number of aryl methyl sites for hydroxylation is 1. The molecule has 0 radical (unpaired) electrons. The van der Waals surface area contributed by atoms with E-state index in [9.17, 15) is 4.79 Å². The molecule has 3 rings (SSSR count). The van der Waals surface area contributed by atoms with Crippen LogP contribution in [0.3, 0.4) is 0 Å². The largest absolute Gasteiger partial charge is 0.496 e. The molecule has 0 aliphatic rings. The lowest BCUT2D eigenvalue weighted by Gasteiger charge is -2.10. The Kier molecular flexibility index (Phi) is 3.31. The summed E-state index contributed by atoms with van der Waals surface area (Å²) in [6.45, 7) is 0. The number of halogens is 1. The maximum atomic E-state index is 11.5. The first kappa shape index (κ1) is 13.3. The quantitative estimate of drug-likeness (QED) is 0.695. The zero-order valence-electron chi connectivity index (χ0n) is 10.9. The van der Waals surface area contributed by atoms with Gasteiger partial charge in [-0.3, -0.25) is 4.57 Å². The number of alkyl halides is 1. The Hall–Kier alpha value is -1.72. The summed E-state index contributed by atoms with van der Waals surface area (Å²) >= 11 is 8.04. The van der Waals surface area contributed by atoms with E-state index >= 15 is 0 Å². The number of aromatic nitrogens is 1. The molecule has 104 valence electrons. The third-order valence-corrected chi connectivity index (χ3v) is 4.78. The molecule has 0 saturated heterocycles. The van der Waals surface area contributed by atoms with E-state index in [0.29, 0.717) is 5.58 Å². The minimum atomic E-state index is -0.378. The van der Waals surface area contributed by atoms with Gasteiger partial charge in [-0.25, -0.2) is 4.79 Å². The van der Waals surface area contributed by atoms with Crippen molar-refractivity contribution in [1.29, 1.82) is 0 Å². The van der Waals surface area contributed by atoms with Gasteiger partial charge in [-0.1, -0.05) is 6.07 Å². The van der Waals surface area contributed by atoms with E-state index in [1.54, 1.807) is 20.2 Å². The summed E-state index contributed by atoms with van der Waals surface area (Å²) in [6, 6.07) is 7.42. The number of ether oxygens (including phenoxy) is 1. The first-order valence-corrected chi connectivity index (χ1v) is 7.28. The van der Waals surface area contributed by atoms with Gasteiger partial charge < -0.3 is 9.15 Å². The molecule has 1 atom stereocenters. The van der Waals surface area contributed by atoms with E-state index in [2.05, 4.69) is 0 Å². The van der Waals surface area contributed by atoms with Crippen molar-refractivity contribution in [1.82, 2.24) is 4.57 Å². The smallest absolute Gasteiger partial charge is 0.419 e. The first-order chi connectivity index (χ1) is 9.61. The van der Waals surface area contributed by atoms with Crippen molar-refractivity contribution in [3.8, 4) is 5.75 Å². The van der Waals surface area contributed by atoms with E-state index in [4.69, 9.17) is 20.8 Å². The maximum Gasteiger partial charge on any atom is 0.419 e. The minimum Gasteiger partial charge on any atom is -0.496 e. The molecule has 2 aromatic heterocycles. The van der Waals surface area contributed by atoms with E-state index in [1.165, 1.54) is 15.9 Å². The van der Waals surface area contributed by atoms with Crippen LogP contribution >= 0.6 is 22.9 Å².